The van der Waals surface area contributed by atoms with Crippen molar-refractivity contribution in [3.63, 3.8) is 0 Å². The van der Waals surface area contributed by atoms with Crippen LogP contribution in [-0.2, 0) is 4.74 Å². The molecule has 0 aliphatic carbocycles. The van der Waals surface area contributed by atoms with Gasteiger partial charge in [-0.1, -0.05) is 54.1 Å². The Morgan fingerprint density at radius 3 is 2.35 bits per heavy atom. The first-order valence-electron chi connectivity index (χ1n) is 6.60. The molecule has 2 N–H and O–H groups in total. The van der Waals surface area contributed by atoms with Crippen molar-refractivity contribution in [1.82, 2.24) is 5.32 Å². The first-order chi connectivity index (χ1) is 9.78. The smallest absolute Gasteiger partial charge is 0.135 e. The Hall–Kier alpha value is -1.39. The van der Waals surface area contributed by atoms with E-state index in [0.29, 0.717) is 5.02 Å². The Kier molecular flexibility index (Phi) is 4.03. The zero-order valence-electron chi connectivity index (χ0n) is 10.9. The van der Waals surface area contributed by atoms with E-state index in [9.17, 15) is 5.11 Å². The summed E-state index contributed by atoms with van der Waals surface area (Å²) in [4.78, 5) is 0. The maximum atomic E-state index is 9.54. The Morgan fingerprint density at radius 2 is 1.70 bits per heavy atom. The minimum atomic E-state index is -0.227. The van der Waals surface area contributed by atoms with Crippen LogP contribution in [0, 0.1) is 0 Å². The minimum Gasteiger partial charge on any atom is -0.395 e. The average Bonchev–Trinajstić information content (AvgIpc) is 2.93. The summed E-state index contributed by atoms with van der Waals surface area (Å²) in [6.07, 6.45) is -0.378. The summed E-state index contributed by atoms with van der Waals surface area (Å²) in [7, 11) is 0. The molecule has 0 amide bonds. The Bertz CT molecular complexity index is 558. The number of hydrogen-bond acceptors (Lipinski definition) is 3. The lowest BCUT2D eigenvalue weighted by atomic mass is 10.0. The van der Waals surface area contributed by atoms with Crippen molar-refractivity contribution in [3.8, 4) is 0 Å². The molecule has 2 aromatic carbocycles. The maximum Gasteiger partial charge on any atom is 0.135 e. The van der Waals surface area contributed by atoms with Crippen molar-refractivity contribution in [2.45, 2.75) is 18.4 Å². The quantitative estimate of drug-likeness (QED) is 0.912. The second-order valence-corrected chi connectivity index (χ2v) is 5.29. The van der Waals surface area contributed by atoms with E-state index in [1.54, 1.807) is 0 Å². The fourth-order valence-electron chi connectivity index (χ4n) is 2.48. The second kappa shape index (κ2) is 5.94. The highest BCUT2D eigenvalue weighted by Gasteiger charge is 2.35. The van der Waals surface area contributed by atoms with E-state index in [1.165, 1.54) is 0 Å². The van der Waals surface area contributed by atoms with Crippen LogP contribution in [-0.4, -0.2) is 17.8 Å². The first kappa shape index (κ1) is 13.6. The van der Waals surface area contributed by atoms with Crippen LogP contribution in [0.3, 0.4) is 0 Å². The summed E-state index contributed by atoms with van der Waals surface area (Å²) < 4.78 is 6.06. The zero-order chi connectivity index (χ0) is 13.9. The van der Waals surface area contributed by atoms with Gasteiger partial charge in [0, 0.05) is 5.02 Å². The van der Waals surface area contributed by atoms with Gasteiger partial charge in [-0.2, -0.15) is 0 Å². The number of hydrogen-bond donors (Lipinski definition) is 2. The molecule has 1 aliphatic rings. The third-order valence-electron chi connectivity index (χ3n) is 3.51. The molecule has 3 atom stereocenters. The van der Waals surface area contributed by atoms with Gasteiger partial charge in [-0.15, -0.1) is 0 Å². The van der Waals surface area contributed by atoms with Gasteiger partial charge in [0.15, 0.2) is 0 Å². The largest absolute Gasteiger partial charge is 0.395 e. The predicted octanol–water partition coefficient (Wildman–Crippen LogP) is 3.06. The Labute approximate surface area is 123 Å². The molecule has 2 aromatic rings. The van der Waals surface area contributed by atoms with Gasteiger partial charge in [0.1, 0.15) is 12.3 Å². The van der Waals surface area contributed by atoms with Gasteiger partial charge >= 0.3 is 0 Å². The fraction of sp³-hybridized carbons (Fsp3) is 0.250. The number of ether oxygens (including phenoxy) is 1. The van der Waals surface area contributed by atoms with Gasteiger partial charge in [-0.05, 0) is 23.3 Å². The summed E-state index contributed by atoms with van der Waals surface area (Å²) in [6.45, 7) is 0.0314. The standard InChI is InChI=1S/C16H16ClNO2/c17-13-8-6-12(7-9-13)16-18-14(10-19)15(20-16)11-4-2-1-3-5-11/h1-9,14-16,18-19H,10H2/t14-,15?,16+/m0/s1. The molecular formula is C16H16ClNO2. The number of aliphatic hydroxyl groups excluding tert-OH is 1. The lowest BCUT2D eigenvalue weighted by Gasteiger charge is -2.15. The topological polar surface area (TPSA) is 41.5 Å². The molecule has 0 spiro atoms. The molecule has 0 radical (unpaired) electrons. The van der Waals surface area contributed by atoms with E-state index in [2.05, 4.69) is 5.32 Å². The van der Waals surface area contributed by atoms with Gasteiger partial charge in [0.25, 0.3) is 0 Å². The fourth-order valence-corrected chi connectivity index (χ4v) is 2.60. The number of benzene rings is 2. The Morgan fingerprint density at radius 1 is 1.00 bits per heavy atom. The minimum absolute atomic E-state index is 0.0314. The number of halogens is 1. The van der Waals surface area contributed by atoms with Crippen molar-refractivity contribution in [3.05, 3.63) is 70.7 Å². The molecule has 20 heavy (non-hydrogen) atoms. The molecule has 3 nitrogen and oxygen atoms in total. The zero-order valence-corrected chi connectivity index (χ0v) is 11.6. The molecule has 0 aromatic heterocycles. The highest BCUT2D eigenvalue weighted by Crippen LogP contribution is 2.34. The molecular weight excluding hydrogens is 274 g/mol. The second-order valence-electron chi connectivity index (χ2n) is 4.85. The molecule has 104 valence electrons. The highest BCUT2D eigenvalue weighted by atomic mass is 35.5. The van der Waals surface area contributed by atoms with E-state index in [-0.39, 0.29) is 25.0 Å². The third-order valence-corrected chi connectivity index (χ3v) is 3.76. The lowest BCUT2D eigenvalue weighted by molar-refractivity contribution is 0.0318. The van der Waals surface area contributed by atoms with E-state index < -0.39 is 0 Å². The molecule has 1 saturated heterocycles. The van der Waals surface area contributed by atoms with Crippen LogP contribution in [0.25, 0.3) is 0 Å². The first-order valence-corrected chi connectivity index (χ1v) is 6.98. The van der Waals surface area contributed by atoms with Crippen LogP contribution < -0.4 is 5.32 Å². The maximum absolute atomic E-state index is 9.54. The van der Waals surface area contributed by atoms with Crippen molar-refractivity contribution >= 4 is 11.6 Å². The summed E-state index contributed by atoms with van der Waals surface area (Å²) in [5.74, 6) is 0. The molecule has 1 fully saturated rings. The van der Waals surface area contributed by atoms with Crippen molar-refractivity contribution < 1.29 is 9.84 Å². The summed E-state index contributed by atoms with van der Waals surface area (Å²) in [5.41, 5.74) is 2.07. The van der Waals surface area contributed by atoms with Crippen LogP contribution in [0.15, 0.2) is 54.6 Å². The highest BCUT2D eigenvalue weighted by molar-refractivity contribution is 6.30. The average molecular weight is 290 g/mol. The molecule has 0 saturated carbocycles. The van der Waals surface area contributed by atoms with Crippen LogP contribution >= 0.6 is 11.6 Å². The number of nitrogens with one attached hydrogen (secondary N) is 1. The SMILES string of the molecule is OC[C@@H]1N[C@@H](c2ccc(Cl)cc2)OC1c1ccccc1. The van der Waals surface area contributed by atoms with Crippen molar-refractivity contribution in [2.24, 2.45) is 0 Å². The van der Waals surface area contributed by atoms with Crippen molar-refractivity contribution in [1.29, 1.82) is 0 Å². The lowest BCUT2D eigenvalue weighted by Crippen LogP contribution is -2.30. The summed E-state index contributed by atoms with van der Waals surface area (Å²) in [6, 6.07) is 17.4. The molecule has 3 rings (SSSR count). The van der Waals surface area contributed by atoms with Gasteiger partial charge in [0.2, 0.25) is 0 Å². The van der Waals surface area contributed by atoms with Crippen molar-refractivity contribution in [2.75, 3.05) is 6.61 Å². The summed E-state index contributed by atoms with van der Waals surface area (Å²) in [5, 5.41) is 13.6. The molecule has 1 aliphatic heterocycles. The summed E-state index contributed by atoms with van der Waals surface area (Å²) >= 11 is 5.90. The Balaban J connectivity index is 1.82. The third kappa shape index (κ3) is 2.72. The predicted molar refractivity (Wildman–Crippen MR) is 78.5 cm³/mol. The van der Waals surface area contributed by atoms with Gasteiger partial charge in [0.05, 0.1) is 12.6 Å². The monoisotopic (exact) mass is 289 g/mol. The normalized spacial score (nSPS) is 25.8. The van der Waals surface area contributed by atoms with Gasteiger partial charge in [-0.25, -0.2) is 0 Å². The van der Waals surface area contributed by atoms with Crippen LogP contribution in [0.2, 0.25) is 5.02 Å². The van der Waals surface area contributed by atoms with E-state index in [4.69, 9.17) is 16.3 Å². The van der Waals surface area contributed by atoms with E-state index in [1.807, 2.05) is 54.6 Å². The van der Waals surface area contributed by atoms with Crippen LogP contribution in [0.4, 0.5) is 0 Å². The van der Waals surface area contributed by atoms with Gasteiger partial charge in [-0.3, -0.25) is 5.32 Å². The number of aliphatic hydroxyl groups is 1. The van der Waals surface area contributed by atoms with Gasteiger partial charge < -0.3 is 9.84 Å². The molecule has 1 heterocycles. The van der Waals surface area contributed by atoms with Crippen LogP contribution in [0.5, 0.6) is 0 Å². The van der Waals surface area contributed by atoms with Crippen LogP contribution in [0.1, 0.15) is 23.5 Å². The van der Waals surface area contributed by atoms with E-state index >= 15 is 0 Å². The molecule has 4 heteroatoms. The van der Waals surface area contributed by atoms with E-state index in [0.717, 1.165) is 11.1 Å². The number of rotatable bonds is 3. The molecule has 1 unspecified atom stereocenters. The molecule has 0 bridgehead atoms.